The van der Waals surface area contributed by atoms with E-state index in [1.807, 2.05) is 25.3 Å². The van der Waals surface area contributed by atoms with Crippen molar-refractivity contribution in [3.63, 3.8) is 0 Å². The van der Waals surface area contributed by atoms with Crippen molar-refractivity contribution < 1.29 is 8.42 Å². The number of sulfone groups is 1. The van der Waals surface area contributed by atoms with Crippen molar-refractivity contribution >= 4 is 44.7 Å². The van der Waals surface area contributed by atoms with Gasteiger partial charge in [0.25, 0.3) is 0 Å². The van der Waals surface area contributed by atoms with E-state index in [4.69, 9.17) is 0 Å². The van der Waals surface area contributed by atoms with Gasteiger partial charge in [-0.3, -0.25) is 0 Å². The quantitative estimate of drug-likeness (QED) is 0.749. The van der Waals surface area contributed by atoms with E-state index >= 15 is 0 Å². The van der Waals surface area contributed by atoms with Gasteiger partial charge < -0.3 is 0 Å². The Morgan fingerprint density at radius 2 is 1.80 bits per heavy atom. The third-order valence-electron chi connectivity index (χ3n) is 2.52. The van der Waals surface area contributed by atoms with Crippen molar-refractivity contribution in [1.82, 2.24) is 10.2 Å². The highest BCUT2D eigenvalue weighted by molar-refractivity contribution is 8.03. The SMILES string of the molecule is CSc1nnc(SCCS(=O)(=O)c2ccc(C)cc2)s1. The van der Waals surface area contributed by atoms with Crippen LogP contribution in [-0.4, -0.2) is 36.4 Å². The van der Waals surface area contributed by atoms with Gasteiger partial charge >= 0.3 is 0 Å². The number of hydrogen-bond donors (Lipinski definition) is 0. The predicted octanol–water partition coefficient (Wildman–Crippen LogP) is 3.13. The molecule has 0 saturated heterocycles. The molecule has 2 aromatic rings. The Bertz CT molecular complexity index is 665. The summed E-state index contributed by atoms with van der Waals surface area (Å²) in [4.78, 5) is 0.380. The molecule has 0 atom stereocenters. The first kappa shape index (κ1) is 15.8. The van der Waals surface area contributed by atoms with E-state index in [-0.39, 0.29) is 5.75 Å². The monoisotopic (exact) mass is 346 g/mol. The van der Waals surface area contributed by atoms with Crippen molar-refractivity contribution in [3.05, 3.63) is 29.8 Å². The normalized spacial score (nSPS) is 11.7. The summed E-state index contributed by atoms with van der Waals surface area (Å²) in [5.74, 6) is 0.591. The predicted molar refractivity (Wildman–Crippen MR) is 85.6 cm³/mol. The van der Waals surface area contributed by atoms with Gasteiger partial charge in [0.1, 0.15) is 0 Å². The van der Waals surface area contributed by atoms with Crippen LogP contribution in [0.15, 0.2) is 37.8 Å². The molecule has 8 heteroatoms. The van der Waals surface area contributed by atoms with Crippen LogP contribution in [0.1, 0.15) is 5.56 Å². The van der Waals surface area contributed by atoms with Gasteiger partial charge in [-0.2, -0.15) is 0 Å². The van der Waals surface area contributed by atoms with E-state index in [9.17, 15) is 8.42 Å². The molecule has 0 N–H and O–H groups in total. The lowest BCUT2D eigenvalue weighted by atomic mass is 10.2. The second-order valence-corrected chi connectivity index (χ2v) is 9.50. The summed E-state index contributed by atoms with van der Waals surface area (Å²) in [7, 11) is -3.22. The molecule has 0 unspecified atom stereocenters. The lowest BCUT2D eigenvalue weighted by Gasteiger charge is -2.03. The number of aryl methyl sites for hydroxylation is 1. The van der Waals surface area contributed by atoms with Gasteiger partial charge in [-0.15, -0.1) is 10.2 Å². The lowest BCUT2D eigenvalue weighted by Crippen LogP contribution is -2.08. The Labute approximate surface area is 131 Å². The Morgan fingerprint density at radius 3 is 2.40 bits per heavy atom. The highest BCUT2D eigenvalue weighted by Gasteiger charge is 2.14. The Kier molecular flexibility index (Phi) is 5.48. The second kappa shape index (κ2) is 6.93. The van der Waals surface area contributed by atoms with Crippen molar-refractivity contribution in [2.75, 3.05) is 17.8 Å². The summed E-state index contributed by atoms with van der Waals surface area (Å²) < 4.78 is 26.0. The van der Waals surface area contributed by atoms with Crippen LogP contribution in [0, 0.1) is 6.92 Å². The molecule has 0 saturated carbocycles. The maximum atomic E-state index is 12.1. The smallest absolute Gasteiger partial charge is 0.179 e. The standard InChI is InChI=1S/C12H14N2O2S4/c1-9-3-5-10(6-4-9)20(15,16)8-7-18-12-14-13-11(17-2)19-12/h3-6H,7-8H2,1-2H3. The van der Waals surface area contributed by atoms with Crippen molar-refractivity contribution in [3.8, 4) is 0 Å². The first-order chi connectivity index (χ1) is 9.51. The van der Waals surface area contributed by atoms with Crippen molar-refractivity contribution in [2.24, 2.45) is 0 Å². The van der Waals surface area contributed by atoms with Gasteiger partial charge in [0.15, 0.2) is 18.5 Å². The molecule has 0 aliphatic carbocycles. The maximum Gasteiger partial charge on any atom is 0.179 e. The number of nitrogens with zero attached hydrogens (tertiary/aromatic N) is 2. The topological polar surface area (TPSA) is 59.9 Å². The van der Waals surface area contributed by atoms with Gasteiger partial charge in [0, 0.05) is 5.75 Å². The van der Waals surface area contributed by atoms with Crippen LogP contribution < -0.4 is 0 Å². The van der Waals surface area contributed by atoms with Crippen molar-refractivity contribution in [1.29, 1.82) is 0 Å². The lowest BCUT2D eigenvalue weighted by molar-refractivity contribution is 0.597. The summed E-state index contributed by atoms with van der Waals surface area (Å²) in [6.07, 6.45) is 1.94. The van der Waals surface area contributed by atoms with Crippen LogP contribution in [-0.2, 0) is 9.84 Å². The Morgan fingerprint density at radius 1 is 1.15 bits per heavy atom. The minimum absolute atomic E-state index is 0.106. The molecular formula is C12H14N2O2S4. The highest BCUT2D eigenvalue weighted by atomic mass is 32.2. The molecule has 0 aliphatic rings. The average molecular weight is 347 g/mol. The van der Waals surface area contributed by atoms with E-state index in [1.54, 1.807) is 23.9 Å². The number of benzene rings is 1. The van der Waals surface area contributed by atoms with E-state index in [0.717, 1.165) is 14.2 Å². The van der Waals surface area contributed by atoms with Crippen LogP contribution in [0.5, 0.6) is 0 Å². The molecule has 108 valence electrons. The molecule has 20 heavy (non-hydrogen) atoms. The third kappa shape index (κ3) is 4.21. The molecule has 2 rings (SSSR count). The minimum Gasteiger partial charge on any atom is -0.224 e. The summed E-state index contributed by atoms with van der Waals surface area (Å²) in [5.41, 5.74) is 1.05. The number of thioether (sulfide) groups is 2. The van der Waals surface area contributed by atoms with E-state index in [0.29, 0.717) is 10.6 Å². The third-order valence-corrected chi connectivity index (χ3v) is 7.54. The second-order valence-electron chi connectivity index (χ2n) is 4.02. The molecule has 0 amide bonds. The largest absolute Gasteiger partial charge is 0.224 e. The van der Waals surface area contributed by atoms with Gasteiger partial charge in [-0.1, -0.05) is 52.6 Å². The molecule has 0 fully saturated rings. The van der Waals surface area contributed by atoms with Gasteiger partial charge in [0.05, 0.1) is 10.6 Å². The fourth-order valence-electron chi connectivity index (χ4n) is 1.44. The molecular weight excluding hydrogens is 332 g/mol. The fourth-order valence-corrected chi connectivity index (χ4v) is 5.60. The number of rotatable bonds is 6. The molecule has 0 bridgehead atoms. The molecule has 0 spiro atoms. The summed E-state index contributed by atoms with van der Waals surface area (Å²) >= 11 is 4.46. The summed E-state index contributed by atoms with van der Waals surface area (Å²) in [5, 5.41) is 7.99. The van der Waals surface area contributed by atoms with E-state index in [2.05, 4.69) is 10.2 Å². The number of aromatic nitrogens is 2. The zero-order chi connectivity index (χ0) is 14.6. The van der Waals surface area contributed by atoms with Crippen LogP contribution in [0.3, 0.4) is 0 Å². The van der Waals surface area contributed by atoms with Crippen LogP contribution in [0.4, 0.5) is 0 Å². The minimum atomic E-state index is -3.22. The van der Waals surface area contributed by atoms with Gasteiger partial charge in [0.2, 0.25) is 0 Å². The Hall–Kier alpha value is -0.570. The van der Waals surface area contributed by atoms with Crippen LogP contribution in [0.25, 0.3) is 0 Å². The van der Waals surface area contributed by atoms with Crippen molar-refractivity contribution in [2.45, 2.75) is 20.5 Å². The maximum absolute atomic E-state index is 12.1. The fraction of sp³-hybridized carbons (Fsp3) is 0.333. The van der Waals surface area contributed by atoms with Crippen LogP contribution >= 0.6 is 34.9 Å². The summed E-state index contributed by atoms with van der Waals surface area (Å²) in [6.45, 7) is 1.94. The zero-order valence-corrected chi connectivity index (χ0v) is 14.3. The highest BCUT2D eigenvalue weighted by Crippen LogP contribution is 2.27. The molecule has 4 nitrogen and oxygen atoms in total. The molecule has 1 heterocycles. The first-order valence-electron chi connectivity index (χ1n) is 5.81. The van der Waals surface area contributed by atoms with E-state index < -0.39 is 9.84 Å². The zero-order valence-electron chi connectivity index (χ0n) is 11.1. The molecule has 0 radical (unpaired) electrons. The van der Waals surface area contributed by atoms with Crippen LogP contribution in [0.2, 0.25) is 0 Å². The number of hydrogen-bond acceptors (Lipinski definition) is 7. The van der Waals surface area contributed by atoms with Gasteiger partial charge in [-0.25, -0.2) is 8.42 Å². The first-order valence-corrected chi connectivity index (χ1v) is 10.5. The summed E-state index contributed by atoms with van der Waals surface area (Å²) in [6, 6.07) is 6.95. The molecule has 1 aromatic heterocycles. The molecule has 1 aromatic carbocycles. The van der Waals surface area contributed by atoms with E-state index in [1.165, 1.54) is 23.1 Å². The molecule has 0 aliphatic heterocycles. The van der Waals surface area contributed by atoms with Gasteiger partial charge in [-0.05, 0) is 25.3 Å². The Balaban J connectivity index is 1.94. The average Bonchev–Trinajstić information content (AvgIpc) is 2.87.